The fourth-order valence-corrected chi connectivity index (χ4v) is 6.59. The van der Waals surface area contributed by atoms with Crippen LogP contribution in [0.25, 0.3) is 0 Å². The summed E-state index contributed by atoms with van der Waals surface area (Å²) in [7, 11) is -4.19. The van der Waals surface area contributed by atoms with Crippen LogP contribution >= 0.6 is 23.2 Å². The lowest BCUT2D eigenvalue weighted by Gasteiger charge is -2.32. The van der Waals surface area contributed by atoms with Crippen LogP contribution < -0.4 is 9.62 Å². The predicted octanol–water partition coefficient (Wildman–Crippen LogP) is 5.97. The summed E-state index contributed by atoms with van der Waals surface area (Å²) in [4.78, 5) is 28.7. The van der Waals surface area contributed by atoms with E-state index in [1.54, 1.807) is 25.1 Å². The smallest absolute Gasteiger partial charge is 0.264 e. The Morgan fingerprint density at radius 1 is 0.950 bits per heavy atom. The van der Waals surface area contributed by atoms with Crippen molar-refractivity contribution < 1.29 is 18.0 Å². The molecule has 0 bridgehead atoms. The van der Waals surface area contributed by atoms with E-state index in [4.69, 9.17) is 23.2 Å². The first-order valence-corrected chi connectivity index (χ1v) is 15.4. The van der Waals surface area contributed by atoms with E-state index in [1.807, 2.05) is 31.2 Å². The molecule has 1 aliphatic carbocycles. The number of amides is 2. The van der Waals surface area contributed by atoms with E-state index < -0.39 is 28.5 Å². The first-order valence-electron chi connectivity index (χ1n) is 13.2. The van der Waals surface area contributed by atoms with Crippen molar-refractivity contribution in [2.45, 2.75) is 63.1 Å². The second-order valence-electron chi connectivity index (χ2n) is 10.1. The van der Waals surface area contributed by atoms with E-state index in [-0.39, 0.29) is 29.1 Å². The van der Waals surface area contributed by atoms with Crippen molar-refractivity contribution in [3.05, 3.63) is 94.0 Å². The van der Waals surface area contributed by atoms with Crippen molar-refractivity contribution in [1.29, 1.82) is 0 Å². The normalized spacial score (nSPS) is 14.5. The van der Waals surface area contributed by atoms with E-state index in [0.717, 1.165) is 41.1 Å². The Kier molecular flexibility index (Phi) is 9.77. The summed E-state index contributed by atoms with van der Waals surface area (Å²) in [5, 5.41) is 3.78. The minimum absolute atomic E-state index is 0.0260. The lowest BCUT2D eigenvalue weighted by Crippen LogP contribution is -2.52. The lowest BCUT2D eigenvalue weighted by atomic mass is 10.1. The van der Waals surface area contributed by atoms with Gasteiger partial charge in [-0.15, -0.1) is 0 Å². The van der Waals surface area contributed by atoms with Crippen molar-refractivity contribution in [1.82, 2.24) is 10.2 Å². The number of aryl methyl sites for hydroxylation is 1. The molecule has 212 valence electrons. The van der Waals surface area contributed by atoms with Crippen LogP contribution in [-0.2, 0) is 26.2 Å². The Balaban J connectivity index is 1.69. The summed E-state index contributed by atoms with van der Waals surface area (Å²) in [6.07, 6.45) is 3.93. The Labute approximate surface area is 246 Å². The number of nitrogens with zero attached hydrogens (tertiary/aromatic N) is 2. The standard InChI is InChI=1S/C30H33Cl2N3O4S/c1-21-7-5-8-23(17-21)19-34(22(2)30(37)33-26-10-3-4-11-26)29(36)20-35(27-12-6-9-25(32)18-27)40(38,39)28-15-13-24(31)14-16-28/h5-9,12-18,22,26H,3-4,10-11,19-20H2,1-2H3,(H,33,37)/t22-/m0/s1. The minimum Gasteiger partial charge on any atom is -0.352 e. The molecule has 0 radical (unpaired) electrons. The first kappa shape index (κ1) is 29.9. The number of nitrogens with one attached hydrogen (secondary N) is 1. The van der Waals surface area contributed by atoms with Crippen molar-refractivity contribution in [2.24, 2.45) is 0 Å². The molecule has 4 rings (SSSR count). The molecule has 0 aliphatic heterocycles. The molecule has 1 atom stereocenters. The number of hydrogen-bond acceptors (Lipinski definition) is 4. The summed E-state index contributed by atoms with van der Waals surface area (Å²) in [6.45, 7) is 3.24. The average Bonchev–Trinajstić information content (AvgIpc) is 3.43. The fraction of sp³-hybridized carbons (Fsp3) is 0.333. The third kappa shape index (κ3) is 7.36. The van der Waals surface area contributed by atoms with Gasteiger partial charge in [-0.05, 0) is 74.7 Å². The van der Waals surface area contributed by atoms with Gasteiger partial charge in [0.05, 0.1) is 10.6 Å². The van der Waals surface area contributed by atoms with Crippen molar-refractivity contribution in [3.63, 3.8) is 0 Å². The molecule has 1 fully saturated rings. The van der Waals surface area contributed by atoms with Crippen LogP contribution in [0.2, 0.25) is 10.0 Å². The maximum absolute atomic E-state index is 14.0. The predicted molar refractivity (Wildman–Crippen MR) is 159 cm³/mol. The summed E-state index contributed by atoms with van der Waals surface area (Å²) in [5.41, 5.74) is 2.08. The zero-order valence-corrected chi connectivity index (χ0v) is 24.8. The molecule has 3 aromatic rings. The molecular weight excluding hydrogens is 569 g/mol. The highest BCUT2D eigenvalue weighted by Gasteiger charge is 2.33. The summed E-state index contributed by atoms with van der Waals surface area (Å²) >= 11 is 12.2. The van der Waals surface area contributed by atoms with Gasteiger partial charge >= 0.3 is 0 Å². The second kappa shape index (κ2) is 13.1. The van der Waals surface area contributed by atoms with Crippen LogP contribution in [0.1, 0.15) is 43.7 Å². The zero-order valence-electron chi connectivity index (χ0n) is 22.5. The molecule has 1 N–H and O–H groups in total. The van der Waals surface area contributed by atoms with Gasteiger partial charge in [-0.25, -0.2) is 8.42 Å². The van der Waals surface area contributed by atoms with Gasteiger partial charge in [0.25, 0.3) is 10.0 Å². The lowest BCUT2D eigenvalue weighted by molar-refractivity contribution is -0.139. The molecule has 0 spiro atoms. The summed E-state index contributed by atoms with van der Waals surface area (Å²) in [6, 6.07) is 19.0. The number of carbonyl (C=O) groups excluding carboxylic acids is 2. The zero-order chi connectivity index (χ0) is 28.9. The van der Waals surface area contributed by atoms with Crippen molar-refractivity contribution >= 4 is 50.7 Å². The van der Waals surface area contributed by atoms with Crippen molar-refractivity contribution in [2.75, 3.05) is 10.8 Å². The third-order valence-corrected chi connectivity index (χ3v) is 9.36. The van der Waals surface area contributed by atoms with Gasteiger partial charge in [0.1, 0.15) is 12.6 Å². The van der Waals surface area contributed by atoms with E-state index in [1.165, 1.54) is 35.2 Å². The molecule has 0 unspecified atom stereocenters. The monoisotopic (exact) mass is 601 g/mol. The molecule has 40 heavy (non-hydrogen) atoms. The second-order valence-corrected chi connectivity index (χ2v) is 12.9. The number of anilines is 1. The molecule has 0 aromatic heterocycles. The molecule has 2 amide bonds. The van der Waals surface area contributed by atoms with Gasteiger partial charge in [-0.2, -0.15) is 0 Å². The maximum atomic E-state index is 14.0. The Bertz CT molecular complexity index is 1460. The van der Waals surface area contributed by atoms with Gasteiger partial charge in [-0.1, -0.05) is 71.9 Å². The maximum Gasteiger partial charge on any atom is 0.264 e. The third-order valence-electron chi connectivity index (χ3n) is 7.08. The van der Waals surface area contributed by atoms with E-state index >= 15 is 0 Å². The number of halogens is 2. The van der Waals surface area contributed by atoms with Gasteiger partial charge in [0, 0.05) is 22.6 Å². The molecule has 1 saturated carbocycles. The molecule has 1 aliphatic rings. The average molecular weight is 603 g/mol. The van der Waals surface area contributed by atoms with Crippen LogP contribution in [-0.4, -0.2) is 43.8 Å². The van der Waals surface area contributed by atoms with E-state index in [9.17, 15) is 18.0 Å². The number of carbonyl (C=O) groups is 2. The fourth-order valence-electron chi connectivity index (χ4n) is 4.88. The quantitative estimate of drug-likeness (QED) is 0.310. The molecule has 0 saturated heterocycles. The molecule has 7 nitrogen and oxygen atoms in total. The van der Waals surface area contributed by atoms with Gasteiger partial charge < -0.3 is 10.2 Å². The Morgan fingerprint density at radius 3 is 2.27 bits per heavy atom. The summed E-state index contributed by atoms with van der Waals surface area (Å²) in [5.74, 6) is -0.782. The van der Waals surface area contributed by atoms with Gasteiger partial charge in [0.2, 0.25) is 11.8 Å². The number of hydrogen-bond donors (Lipinski definition) is 1. The van der Waals surface area contributed by atoms with E-state index in [2.05, 4.69) is 5.32 Å². The molecule has 3 aromatic carbocycles. The van der Waals surface area contributed by atoms with Crippen LogP contribution in [0, 0.1) is 6.92 Å². The van der Waals surface area contributed by atoms with E-state index in [0.29, 0.717) is 10.0 Å². The highest BCUT2D eigenvalue weighted by Crippen LogP contribution is 2.28. The molecule has 0 heterocycles. The van der Waals surface area contributed by atoms with Gasteiger partial charge in [-0.3, -0.25) is 13.9 Å². The highest BCUT2D eigenvalue weighted by molar-refractivity contribution is 7.92. The first-order chi connectivity index (χ1) is 19.0. The van der Waals surface area contributed by atoms with Crippen LogP contribution in [0.15, 0.2) is 77.7 Å². The van der Waals surface area contributed by atoms with Crippen LogP contribution in [0.4, 0.5) is 5.69 Å². The number of benzene rings is 3. The topological polar surface area (TPSA) is 86.8 Å². The number of sulfonamides is 1. The van der Waals surface area contributed by atoms with Crippen molar-refractivity contribution in [3.8, 4) is 0 Å². The Hall–Kier alpha value is -3.07. The summed E-state index contributed by atoms with van der Waals surface area (Å²) < 4.78 is 28.7. The van der Waals surface area contributed by atoms with Gasteiger partial charge in [0.15, 0.2) is 0 Å². The minimum atomic E-state index is -4.19. The highest BCUT2D eigenvalue weighted by atomic mass is 35.5. The molecule has 10 heteroatoms. The molecular formula is C30H33Cl2N3O4S. The number of rotatable bonds is 10. The Morgan fingerprint density at radius 2 is 1.62 bits per heavy atom. The van der Waals surface area contributed by atoms with Crippen LogP contribution in [0.3, 0.4) is 0 Å². The SMILES string of the molecule is Cc1cccc(CN(C(=O)CN(c2cccc(Cl)c2)S(=O)(=O)c2ccc(Cl)cc2)[C@@H](C)C(=O)NC2CCCC2)c1. The largest absolute Gasteiger partial charge is 0.352 e. The van der Waals surface area contributed by atoms with Crippen LogP contribution in [0.5, 0.6) is 0 Å².